The summed E-state index contributed by atoms with van der Waals surface area (Å²) in [4.78, 5) is 36.7. The van der Waals surface area contributed by atoms with E-state index in [9.17, 15) is 18.8 Å². The quantitative estimate of drug-likeness (QED) is 0.535. The maximum atomic E-state index is 12.9. The molecule has 0 aliphatic heterocycles. The molecule has 0 spiro atoms. The van der Waals surface area contributed by atoms with E-state index in [2.05, 4.69) is 16.0 Å². The number of nitrogens with zero attached hydrogens (tertiary/aromatic N) is 2. The zero-order chi connectivity index (χ0) is 20.1. The molecule has 0 radical (unpaired) electrons. The highest BCUT2D eigenvalue weighted by atomic mass is 19.1. The van der Waals surface area contributed by atoms with Gasteiger partial charge in [0.2, 0.25) is 0 Å². The molecule has 3 rings (SSSR count). The SMILES string of the molecule is CCn1nc(C(=O)NNC(=O)/C=C/c2ccc(F)cc2)c2ccccc2c1=O. The summed E-state index contributed by atoms with van der Waals surface area (Å²) in [5.74, 6) is -1.60. The molecule has 8 heteroatoms. The van der Waals surface area contributed by atoms with E-state index in [1.54, 1.807) is 31.2 Å². The summed E-state index contributed by atoms with van der Waals surface area (Å²) in [6.07, 6.45) is 2.68. The standard InChI is InChI=1S/C20H17FN4O3/c1-2-25-20(28)16-6-4-3-5-15(16)18(24-25)19(27)23-22-17(26)12-9-13-7-10-14(21)11-8-13/h3-12H,2H2,1H3,(H,22,26)(H,23,27)/b12-9+. The maximum absolute atomic E-state index is 12.9. The number of rotatable bonds is 4. The lowest BCUT2D eigenvalue weighted by Crippen LogP contribution is -2.42. The Morgan fingerprint density at radius 2 is 1.75 bits per heavy atom. The van der Waals surface area contributed by atoms with E-state index >= 15 is 0 Å². The predicted molar refractivity (Wildman–Crippen MR) is 103 cm³/mol. The molecule has 0 aliphatic carbocycles. The smallest absolute Gasteiger partial charge is 0.268 e. The van der Waals surface area contributed by atoms with Crippen molar-refractivity contribution in [1.29, 1.82) is 0 Å². The summed E-state index contributed by atoms with van der Waals surface area (Å²) in [6, 6.07) is 12.2. The highest BCUT2D eigenvalue weighted by Gasteiger charge is 2.16. The van der Waals surface area contributed by atoms with Crippen LogP contribution in [0.1, 0.15) is 23.0 Å². The van der Waals surface area contributed by atoms with E-state index in [1.165, 1.54) is 41.1 Å². The van der Waals surface area contributed by atoms with Crippen molar-refractivity contribution < 1.29 is 14.0 Å². The van der Waals surface area contributed by atoms with Crippen molar-refractivity contribution >= 4 is 28.7 Å². The molecule has 0 aliphatic rings. The maximum Gasteiger partial charge on any atom is 0.290 e. The van der Waals surface area contributed by atoms with Gasteiger partial charge in [0.25, 0.3) is 17.4 Å². The minimum atomic E-state index is -0.651. The van der Waals surface area contributed by atoms with Gasteiger partial charge in [-0.3, -0.25) is 25.2 Å². The van der Waals surface area contributed by atoms with Crippen molar-refractivity contribution in [3.8, 4) is 0 Å². The minimum absolute atomic E-state index is 0.0277. The Morgan fingerprint density at radius 3 is 2.43 bits per heavy atom. The first kappa shape index (κ1) is 19.0. The van der Waals surface area contributed by atoms with Crippen LogP contribution < -0.4 is 16.4 Å². The van der Waals surface area contributed by atoms with Crippen LogP contribution in [-0.4, -0.2) is 21.6 Å². The van der Waals surface area contributed by atoms with Crippen molar-refractivity contribution in [3.63, 3.8) is 0 Å². The van der Waals surface area contributed by atoms with Gasteiger partial charge >= 0.3 is 0 Å². The molecule has 1 heterocycles. The van der Waals surface area contributed by atoms with Crippen LogP contribution in [0, 0.1) is 5.82 Å². The normalized spacial score (nSPS) is 10.9. The van der Waals surface area contributed by atoms with Gasteiger partial charge in [-0.15, -0.1) is 0 Å². The highest BCUT2D eigenvalue weighted by molar-refractivity contribution is 6.05. The Morgan fingerprint density at radius 1 is 1.07 bits per heavy atom. The Bertz CT molecular complexity index is 1120. The fraction of sp³-hybridized carbons (Fsp3) is 0.100. The van der Waals surface area contributed by atoms with Crippen LogP contribution in [0.2, 0.25) is 0 Å². The average Bonchev–Trinajstić information content (AvgIpc) is 2.72. The first-order valence-corrected chi connectivity index (χ1v) is 8.53. The van der Waals surface area contributed by atoms with E-state index < -0.39 is 11.8 Å². The zero-order valence-corrected chi connectivity index (χ0v) is 15.0. The second-order valence-corrected chi connectivity index (χ2v) is 5.84. The number of hydrogen-bond acceptors (Lipinski definition) is 4. The summed E-state index contributed by atoms with van der Waals surface area (Å²) in [5.41, 5.74) is 4.90. The fourth-order valence-electron chi connectivity index (χ4n) is 2.58. The second kappa shape index (κ2) is 8.26. The molecule has 2 amide bonds. The lowest BCUT2D eigenvalue weighted by atomic mass is 10.1. The van der Waals surface area contributed by atoms with Gasteiger partial charge in [-0.2, -0.15) is 5.10 Å². The van der Waals surface area contributed by atoms with Crippen LogP contribution in [-0.2, 0) is 11.3 Å². The molecule has 0 saturated carbocycles. The first-order chi connectivity index (χ1) is 13.5. The molecule has 0 fully saturated rings. The van der Waals surface area contributed by atoms with E-state index in [4.69, 9.17) is 0 Å². The number of hydrazine groups is 1. The summed E-state index contributed by atoms with van der Waals surface area (Å²) in [7, 11) is 0. The van der Waals surface area contributed by atoms with Crippen molar-refractivity contribution in [2.24, 2.45) is 0 Å². The molecule has 2 aromatic carbocycles. The van der Waals surface area contributed by atoms with E-state index in [1.807, 2.05) is 0 Å². The Balaban J connectivity index is 1.74. The summed E-state index contributed by atoms with van der Waals surface area (Å²) < 4.78 is 14.1. The summed E-state index contributed by atoms with van der Waals surface area (Å²) in [6.45, 7) is 2.05. The lowest BCUT2D eigenvalue weighted by Gasteiger charge is -2.10. The highest BCUT2D eigenvalue weighted by Crippen LogP contribution is 2.13. The van der Waals surface area contributed by atoms with Gasteiger partial charge in [-0.05, 0) is 36.8 Å². The molecule has 0 bridgehead atoms. The molecule has 7 nitrogen and oxygen atoms in total. The van der Waals surface area contributed by atoms with Gasteiger partial charge in [-0.25, -0.2) is 9.07 Å². The van der Waals surface area contributed by atoms with Gasteiger partial charge in [-0.1, -0.05) is 30.3 Å². The van der Waals surface area contributed by atoms with Gasteiger partial charge < -0.3 is 0 Å². The van der Waals surface area contributed by atoms with E-state index in [0.29, 0.717) is 22.9 Å². The minimum Gasteiger partial charge on any atom is -0.268 e. The van der Waals surface area contributed by atoms with Crippen LogP contribution >= 0.6 is 0 Å². The average molecular weight is 380 g/mol. The number of aromatic nitrogens is 2. The Kier molecular flexibility index (Phi) is 5.59. The second-order valence-electron chi connectivity index (χ2n) is 5.84. The molecular weight excluding hydrogens is 363 g/mol. The number of aryl methyl sites for hydroxylation is 1. The van der Waals surface area contributed by atoms with Gasteiger partial charge in [0.15, 0.2) is 5.69 Å². The summed E-state index contributed by atoms with van der Waals surface area (Å²) >= 11 is 0. The van der Waals surface area contributed by atoms with Gasteiger partial charge in [0.1, 0.15) is 5.82 Å². The van der Waals surface area contributed by atoms with Gasteiger partial charge in [0, 0.05) is 18.0 Å². The largest absolute Gasteiger partial charge is 0.290 e. The van der Waals surface area contributed by atoms with E-state index in [0.717, 1.165) is 0 Å². The molecule has 1 aromatic heterocycles. The van der Waals surface area contributed by atoms with Crippen LogP contribution in [0.3, 0.4) is 0 Å². The molecule has 0 saturated heterocycles. The zero-order valence-electron chi connectivity index (χ0n) is 15.0. The van der Waals surface area contributed by atoms with Crippen molar-refractivity contribution in [2.45, 2.75) is 13.5 Å². The third-order valence-electron chi connectivity index (χ3n) is 3.98. The number of fused-ring (bicyclic) bond motifs is 1. The molecule has 28 heavy (non-hydrogen) atoms. The number of halogens is 1. The molecule has 0 atom stereocenters. The number of carbonyl (C=O) groups excluding carboxylic acids is 2. The topological polar surface area (TPSA) is 93.1 Å². The molecule has 0 unspecified atom stereocenters. The predicted octanol–water partition coefficient (Wildman–Crippen LogP) is 2.03. The molecular formula is C20H17FN4O3. The number of benzene rings is 2. The number of nitrogens with one attached hydrogen (secondary N) is 2. The van der Waals surface area contributed by atoms with Crippen LogP contribution in [0.25, 0.3) is 16.8 Å². The number of hydrogen-bond donors (Lipinski definition) is 2. The lowest BCUT2D eigenvalue weighted by molar-refractivity contribution is -0.117. The van der Waals surface area contributed by atoms with E-state index in [-0.39, 0.29) is 17.1 Å². The molecule has 2 N–H and O–H groups in total. The van der Waals surface area contributed by atoms with Crippen molar-refractivity contribution in [1.82, 2.24) is 20.6 Å². The van der Waals surface area contributed by atoms with Crippen molar-refractivity contribution in [3.05, 3.63) is 82.0 Å². The van der Waals surface area contributed by atoms with Crippen molar-refractivity contribution in [2.75, 3.05) is 0 Å². The molecule has 3 aromatic rings. The van der Waals surface area contributed by atoms with Crippen LogP contribution in [0.15, 0.2) is 59.4 Å². The van der Waals surface area contributed by atoms with Crippen LogP contribution in [0.4, 0.5) is 4.39 Å². The number of carbonyl (C=O) groups is 2. The number of amides is 2. The fourth-order valence-corrected chi connectivity index (χ4v) is 2.58. The third-order valence-corrected chi connectivity index (χ3v) is 3.98. The summed E-state index contributed by atoms with van der Waals surface area (Å²) in [5, 5.41) is 4.85. The Labute approximate surface area is 159 Å². The third kappa shape index (κ3) is 4.12. The van der Waals surface area contributed by atoms with Gasteiger partial charge in [0.05, 0.1) is 5.39 Å². The monoisotopic (exact) mass is 380 g/mol. The Hall–Kier alpha value is -3.81. The first-order valence-electron chi connectivity index (χ1n) is 8.53. The van der Waals surface area contributed by atoms with Crippen LogP contribution in [0.5, 0.6) is 0 Å². The molecule has 142 valence electrons.